The quantitative estimate of drug-likeness (QED) is 0.182. The van der Waals surface area contributed by atoms with Crippen LogP contribution in [0.5, 0.6) is 28.9 Å². The average molecular weight is 516 g/mol. The van der Waals surface area contributed by atoms with Crippen LogP contribution in [-0.2, 0) is 18.1 Å². The first-order chi connectivity index (χ1) is 16.1. The minimum Gasteiger partial charge on any atom is -0.460 e. The maximum Gasteiger partial charge on any atom is 0.435 e. The standard InChI is InChI=1S/C22H18Cl2F3N3O4/c1-13(20(23)24)32-14-4-6-15(7-5-14)33-16-8-10-17(11-9-16)34-21-18(12-28-31-3)19(22(25,26)27)29-30(21)2/h4-12H,1-3H3/b28-12+. The van der Waals surface area contributed by atoms with E-state index < -0.39 is 11.9 Å². The molecule has 12 heteroatoms. The van der Waals surface area contributed by atoms with E-state index in [0.717, 1.165) is 10.9 Å². The van der Waals surface area contributed by atoms with E-state index in [1.807, 2.05) is 0 Å². The van der Waals surface area contributed by atoms with Gasteiger partial charge in [-0.2, -0.15) is 18.3 Å². The molecule has 0 unspecified atom stereocenters. The minimum absolute atomic E-state index is 0.0292. The Balaban J connectivity index is 1.74. The Morgan fingerprint density at radius 3 is 1.91 bits per heavy atom. The molecule has 7 nitrogen and oxygen atoms in total. The number of aryl methyl sites for hydroxylation is 1. The third-order valence-corrected chi connectivity index (χ3v) is 4.75. The van der Waals surface area contributed by atoms with Gasteiger partial charge in [0, 0.05) is 7.05 Å². The third kappa shape index (κ3) is 6.36. The Hall–Kier alpha value is -3.37. The Morgan fingerprint density at radius 2 is 1.44 bits per heavy atom. The van der Waals surface area contributed by atoms with E-state index in [0.29, 0.717) is 23.0 Å². The molecule has 0 aliphatic carbocycles. The molecular formula is C22H18Cl2F3N3O4. The lowest BCUT2D eigenvalue weighted by molar-refractivity contribution is -0.141. The number of nitrogens with zero attached hydrogens (tertiary/aromatic N) is 3. The highest BCUT2D eigenvalue weighted by Crippen LogP contribution is 2.36. The maximum absolute atomic E-state index is 13.3. The smallest absolute Gasteiger partial charge is 0.435 e. The first kappa shape index (κ1) is 25.3. The number of oxime groups is 1. The molecular weight excluding hydrogens is 498 g/mol. The van der Waals surface area contributed by atoms with Gasteiger partial charge in [0.2, 0.25) is 5.88 Å². The summed E-state index contributed by atoms with van der Waals surface area (Å²) in [6, 6.07) is 13.0. The molecule has 1 aromatic heterocycles. The fourth-order valence-corrected chi connectivity index (χ4v) is 2.77. The molecule has 0 radical (unpaired) electrons. The van der Waals surface area contributed by atoms with E-state index in [2.05, 4.69) is 15.1 Å². The largest absolute Gasteiger partial charge is 0.460 e. The number of alkyl halides is 3. The molecule has 180 valence electrons. The second kappa shape index (κ2) is 10.7. The minimum atomic E-state index is -4.70. The van der Waals surface area contributed by atoms with Crippen molar-refractivity contribution in [3.63, 3.8) is 0 Å². The molecule has 0 aliphatic heterocycles. The molecule has 2 aromatic carbocycles. The van der Waals surface area contributed by atoms with E-state index in [1.54, 1.807) is 55.5 Å². The second-order valence-corrected chi connectivity index (χ2v) is 7.62. The molecule has 0 amide bonds. The van der Waals surface area contributed by atoms with Gasteiger partial charge in [0.05, 0.1) is 11.8 Å². The van der Waals surface area contributed by atoms with Crippen molar-refractivity contribution < 1.29 is 32.2 Å². The van der Waals surface area contributed by atoms with Gasteiger partial charge in [-0.05, 0) is 55.5 Å². The lowest BCUT2D eigenvalue weighted by Gasteiger charge is -2.10. The van der Waals surface area contributed by atoms with Crippen LogP contribution in [0.25, 0.3) is 0 Å². The van der Waals surface area contributed by atoms with Crippen molar-refractivity contribution in [2.75, 3.05) is 7.11 Å². The molecule has 0 saturated carbocycles. The highest BCUT2D eigenvalue weighted by molar-refractivity contribution is 6.56. The van der Waals surface area contributed by atoms with Crippen molar-refractivity contribution in [1.82, 2.24) is 9.78 Å². The summed E-state index contributed by atoms with van der Waals surface area (Å²) in [7, 11) is 2.55. The number of aromatic nitrogens is 2. The van der Waals surface area contributed by atoms with Crippen LogP contribution in [0.3, 0.4) is 0 Å². The maximum atomic E-state index is 13.3. The van der Waals surface area contributed by atoms with E-state index in [-0.39, 0.29) is 21.7 Å². The molecule has 3 rings (SSSR count). The van der Waals surface area contributed by atoms with Gasteiger partial charge in [0.1, 0.15) is 40.4 Å². The summed E-state index contributed by atoms with van der Waals surface area (Å²) in [5, 5.41) is 6.93. The van der Waals surface area contributed by atoms with Crippen molar-refractivity contribution in [2.45, 2.75) is 13.1 Å². The first-order valence-corrected chi connectivity index (χ1v) is 10.3. The van der Waals surface area contributed by atoms with Gasteiger partial charge in [-0.1, -0.05) is 28.4 Å². The summed E-state index contributed by atoms with van der Waals surface area (Å²) in [4.78, 5) is 4.51. The van der Waals surface area contributed by atoms with Gasteiger partial charge in [-0.3, -0.25) is 0 Å². The normalized spacial score (nSPS) is 11.4. The highest BCUT2D eigenvalue weighted by atomic mass is 35.5. The summed E-state index contributed by atoms with van der Waals surface area (Å²) < 4.78 is 57.8. The van der Waals surface area contributed by atoms with Crippen molar-refractivity contribution in [3.8, 4) is 28.9 Å². The Labute approximate surface area is 202 Å². The number of hydrogen-bond acceptors (Lipinski definition) is 6. The Morgan fingerprint density at radius 1 is 0.941 bits per heavy atom. The van der Waals surface area contributed by atoms with Crippen molar-refractivity contribution in [3.05, 3.63) is 70.0 Å². The molecule has 3 aromatic rings. The molecule has 0 bridgehead atoms. The van der Waals surface area contributed by atoms with Crippen LogP contribution in [-0.4, -0.2) is 23.1 Å². The number of halogens is 5. The number of allylic oxidation sites excluding steroid dienone is 1. The highest BCUT2D eigenvalue weighted by Gasteiger charge is 2.39. The van der Waals surface area contributed by atoms with Gasteiger partial charge >= 0.3 is 6.18 Å². The zero-order chi connectivity index (χ0) is 24.9. The predicted molar refractivity (Wildman–Crippen MR) is 121 cm³/mol. The fraction of sp³-hybridized carbons (Fsp3) is 0.182. The number of ether oxygens (including phenoxy) is 3. The lowest BCUT2D eigenvalue weighted by Crippen LogP contribution is -2.09. The zero-order valence-electron chi connectivity index (χ0n) is 18.1. The SMILES string of the molecule is CO/N=C/c1c(C(F)(F)F)nn(C)c1Oc1ccc(Oc2ccc(OC(C)=C(Cl)Cl)cc2)cc1. The van der Waals surface area contributed by atoms with Crippen LogP contribution >= 0.6 is 23.2 Å². The second-order valence-electron chi connectivity index (χ2n) is 6.67. The van der Waals surface area contributed by atoms with Crippen LogP contribution in [0, 0.1) is 0 Å². The van der Waals surface area contributed by atoms with Crippen LogP contribution in [0.1, 0.15) is 18.2 Å². The first-order valence-electron chi connectivity index (χ1n) is 9.54. The van der Waals surface area contributed by atoms with Gasteiger partial charge in [-0.15, -0.1) is 0 Å². The van der Waals surface area contributed by atoms with Gasteiger partial charge < -0.3 is 19.0 Å². The molecule has 34 heavy (non-hydrogen) atoms. The van der Waals surface area contributed by atoms with Crippen LogP contribution in [0.2, 0.25) is 0 Å². The van der Waals surface area contributed by atoms with Crippen LogP contribution < -0.4 is 14.2 Å². The van der Waals surface area contributed by atoms with E-state index >= 15 is 0 Å². The summed E-state index contributed by atoms with van der Waals surface area (Å²) >= 11 is 11.3. The predicted octanol–water partition coefficient (Wildman–Crippen LogP) is 7.05. The van der Waals surface area contributed by atoms with Crippen LogP contribution in [0.15, 0.2) is 63.9 Å². The summed E-state index contributed by atoms with van der Waals surface area (Å²) in [5.74, 6) is 2.00. The Kier molecular flexibility index (Phi) is 7.95. The van der Waals surface area contributed by atoms with Gasteiger partial charge in [-0.25, -0.2) is 4.68 Å². The molecule has 0 spiro atoms. The van der Waals surface area contributed by atoms with E-state index in [1.165, 1.54) is 14.2 Å². The van der Waals surface area contributed by atoms with Crippen molar-refractivity contribution in [1.29, 1.82) is 0 Å². The third-order valence-electron chi connectivity index (χ3n) is 4.22. The van der Waals surface area contributed by atoms with E-state index in [9.17, 15) is 13.2 Å². The Bertz CT molecular complexity index is 1190. The summed E-state index contributed by atoms with van der Waals surface area (Å²) in [5.41, 5.74) is -1.50. The number of rotatable bonds is 8. The lowest BCUT2D eigenvalue weighted by atomic mass is 10.2. The van der Waals surface area contributed by atoms with Crippen LogP contribution in [0.4, 0.5) is 13.2 Å². The van der Waals surface area contributed by atoms with Crippen molar-refractivity contribution in [2.24, 2.45) is 12.2 Å². The monoisotopic (exact) mass is 515 g/mol. The molecule has 1 heterocycles. The molecule has 0 N–H and O–H groups in total. The molecule has 0 aliphatic rings. The molecule has 0 saturated heterocycles. The fourth-order valence-electron chi connectivity index (χ4n) is 2.69. The summed E-state index contributed by atoms with van der Waals surface area (Å²) in [6.07, 6.45) is -3.80. The molecule has 0 fully saturated rings. The van der Waals surface area contributed by atoms with Crippen molar-refractivity contribution >= 4 is 29.4 Å². The van der Waals surface area contributed by atoms with Gasteiger partial charge in [0.15, 0.2) is 5.69 Å². The molecule has 0 atom stereocenters. The average Bonchev–Trinajstić information content (AvgIpc) is 3.10. The van der Waals surface area contributed by atoms with E-state index in [4.69, 9.17) is 37.4 Å². The zero-order valence-corrected chi connectivity index (χ0v) is 19.6. The summed E-state index contributed by atoms with van der Waals surface area (Å²) in [6.45, 7) is 1.63. The number of benzene rings is 2. The topological polar surface area (TPSA) is 67.1 Å². The van der Waals surface area contributed by atoms with Gasteiger partial charge in [0.25, 0.3) is 0 Å². The number of hydrogen-bond donors (Lipinski definition) is 0.